The third kappa shape index (κ3) is 4.81. The highest BCUT2D eigenvalue weighted by molar-refractivity contribution is 7.22. The highest BCUT2D eigenvalue weighted by Crippen LogP contribution is 2.31. The van der Waals surface area contributed by atoms with Crippen molar-refractivity contribution in [1.82, 2.24) is 9.88 Å². The summed E-state index contributed by atoms with van der Waals surface area (Å²) in [5, 5.41) is 0.323. The van der Waals surface area contributed by atoms with Crippen molar-refractivity contribution in [1.29, 1.82) is 0 Å². The van der Waals surface area contributed by atoms with Crippen LogP contribution in [0.3, 0.4) is 0 Å². The number of thiazole rings is 1. The van der Waals surface area contributed by atoms with Crippen LogP contribution in [0.15, 0.2) is 36.4 Å². The quantitative estimate of drug-likeness (QED) is 0.568. The van der Waals surface area contributed by atoms with Crippen molar-refractivity contribution in [3.05, 3.63) is 59.4 Å². The number of aromatic nitrogens is 1. The molecule has 0 spiro atoms. The molecule has 1 aromatic heterocycles. The molecule has 9 heteroatoms. The second-order valence-corrected chi connectivity index (χ2v) is 7.33. The van der Waals surface area contributed by atoms with E-state index in [4.69, 9.17) is 0 Å². The van der Waals surface area contributed by atoms with Crippen LogP contribution in [0.5, 0.6) is 0 Å². The van der Waals surface area contributed by atoms with E-state index in [2.05, 4.69) is 4.98 Å². The molecule has 0 saturated carbocycles. The standard InChI is InChI=1S/C19H18F3N3OS.ClH/c1-24(2)9-4-10-25(18(26)12-7-8-13(20)15(22)11-12)19-23-17-14(21)5-3-6-16(17)27-19;/h3,5-8,11H,4,9-10H2,1-2H3;1H. The highest BCUT2D eigenvalue weighted by Gasteiger charge is 2.23. The first-order valence-corrected chi connectivity index (χ1v) is 9.15. The van der Waals surface area contributed by atoms with Gasteiger partial charge in [0.1, 0.15) is 11.3 Å². The second-order valence-electron chi connectivity index (χ2n) is 6.33. The predicted molar refractivity (Wildman–Crippen MR) is 108 cm³/mol. The lowest BCUT2D eigenvalue weighted by molar-refractivity contribution is 0.0985. The molecule has 2 aromatic carbocycles. The summed E-state index contributed by atoms with van der Waals surface area (Å²) in [5.41, 5.74) is 0.201. The molecule has 0 aliphatic heterocycles. The molecule has 1 amide bonds. The summed E-state index contributed by atoms with van der Waals surface area (Å²) in [6.07, 6.45) is 0.640. The number of carbonyl (C=O) groups is 1. The number of fused-ring (bicyclic) bond motifs is 1. The average Bonchev–Trinajstić information content (AvgIpc) is 3.05. The number of halogens is 4. The maximum absolute atomic E-state index is 14.0. The molecule has 28 heavy (non-hydrogen) atoms. The average molecular weight is 430 g/mol. The maximum Gasteiger partial charge on any atom is 0.260 e. The summed E-state index contributed by atoms with van der Waals surface area (Å²) in [6, 6.07) is 7.61. The lowest BCUT2D eigenvalue weighted by Crippen LogP contribution is -2.33. The van der Waals surface area contributed by atoms with Crippen LogP contribution in [0.4, 0.5) is 18.3 Å². The molecule has 0 unspecified atom stereocenters. The molecule has 4 nitrogen and oxygen atoms in total. The number of hydrogen-bond donors (Lipinski definition) is 0. The van der Waals surface area contributed by atoms with Crippen molar-refractivity contribution in [2.45, 2.75) is 6.42 Å². The molecule has 0 N–H and O–H groups in total. The summed E-state index contributed by atoms with van der Waals surface area (Å²) < 4.78 is 41.4. The largest absolute Gasteiger partial charge is 0.309 e. The van der Waals surface area contributed by atoms with Crippen LogP contribution in [-0.2, 0) is 0 Å². The number of para-hydroxylation sites is 1. The minimum atomic E-state index is -1.09. The first kappa shape index (κ1) is 22.1. The van der Waals surface area contributed by atoms with Crippen LogP contribution in [0.1, 0.15) is 16.8 Å². The molecule has 0 fully saturated rings. The fourth-order valence-electron chi connectivity index (χ4n) is 2.63. The minimum Gasteiger partial charge on any atom is -0.309 e. The number of nitrogens with zero attached hydrogens (tertiary/aromatic N) is 3. The fraction of sp³-hybridized carbons (Fsp3) is 0.263. The summed E-state index contributed by atoms with van der Waals surface area (Å²) in [4.78, 5) is 20.6. The second kappa shape index (κ2) is 9.36. The number of hydrogen-bond acceptors (Lipinski definition) is 4. The van der Waals surface area contributed by atoms with Crippen LogP contribution in [0.2, 0.25) is 0 Å². The number of benzene rings is 2. The van der Waals surface area contributed by atoms with Gasteiger partial charge in [0.05, 0.1) is 4.70 Å². The van der Waals surface area contributed by atoms with Gasteiger partial charge in [-0.05, 0) is 57.4 Å². The van der Waals surface area contributed by atoms with E-state index >= 15 is 0 Å². The topological polar surface area (TPSA) is 36.4 Å². The van der Waals surface area contributed by atoms with Crippen molar-refractivity contribution < 1.29 is 18.0 Å². The Hall–Kier alpha value is -2.16. The fourth-order valence-corrected chi connectivity index (χ4v) is 3.64. The van der Waals surface area contributed by atoms with Crippen LogP contribution >= 0.6 is 23.7 Å². The monoisotopic (exact) mass is 429 g/mol. The first-order valence-electron chi connectivity index (χ1n) is 8.33. The van der Waals surface area contributed by atoms with Gasteiger partial charge in [0.25, 0.3) is 5.91 Å². The molecule has 0 aliphatic rings. The van der Waals surface area contributed by atoms with Gasteiger partial charge in [0.2, 0.25) is 0 Å². The van der Waals surface area contributed by atoms with Crippen molar-refractivity contribution in [3.63, 3.8) is 0 Å². The Bertz CT molecular complexity index is 980. The summed E-state index contributed by atoms with van der Waals surface area (Å²) in [6.45, 7) is 1.04. The van der Waals surface area contributed by atoms with Gasteiger partial charge in [-0.1, -0.05) is 17.4 Å². The van der Waals surface area contributed by atoms with Crippen molar-refractivity contribution >= 4 is 45.0 Å². The van der Waals surface area contributed by atoms with Crippen molar-refractivity contribution in [2.24, 2.45) is 0 Å². The third-order valence-electron chi connectivity index (χ3n) is 3.99. The van der Waals surface area contributed by atoms with Crippen LogP contribution < -0.4 is 4.90 Å². The maximum atomic E-state index is 14.0. The summed E-state index contributed by atoms with van der Waals surface area (Å²) in [5.74, 6) is -3.09. The predicted octanol–water partition coefficient (Wildman–Crippen LogP) is 4.73. The van der Waals surface area contributed by atoms with E-state index < -0.39 is 23.4 Å². The van der Waals surface area contributed by atoms with Crippen LogP contribution in [0.25, 0.3) is 10.2 Å². The van der Waals surface area contributed by atoms with Gasteiger partial charge in [-0.15, -0.1) is 12.4 Å². The molecule has 0 saturated heterocycles. The Labute approximate surface area is 171 Å². The van der Waals surface area contributed by atoms with Gasteiger partial charge < -0.3 is 4.90 Å². The number of carbonyl (C=O) groups excluding carboxylic acids is 1. The molecule has 0 radical (unpaired) electrons. The molecular formula is C19H19ClF3N3OS. The molecule has 3 rings (SSSR count). The van der Waals surface area contributed by atoms with Crippen molar-refractivity contribution in [2.75, 3.05) is 32.1 Å². The molecule has 1 heterocycles. The first-order chi connectivity index (χ1) is 12.9. The van der Waals surface area contributed by atoms with Crippen LogP contribution in [-0.4, -0.2) is 43.0 Å². The molecule has 0 aliphatic carbocycles. The molecule has 0 bridgehead atoms. The smallest absolute Gasteiger partial charge is 0.260 e. The zero-order valence-electron chi connectivity index (χ0n) is 15.3. The Morgan fingerprint density at radius 2 is 1.79 bits per heavy atom. The lowest BCUT2D eigenvalue weighted by Gasteiger charge is -2.21. The van der Waals surface area contributed by atoms with Gasteiger partial charge in [0.15, 0.2) is 16.8 Å². The van der Waals surface area contributed by atoms with E-state index in [1.807, 2.05) is 19.0 Å². The Morgan fingerprint density at radius 3 is 2.43 bits per heavy atom. The number of amides is 1. The van der Waals surface area contributed by atoms with E-state index in [9.17, 15) is 18.0 Å². The summed E-state index contributed by atoms with van der Waals surface area (Å²) >= 11 is 1.18. The van der Waals surface area contributed by atoms with E-state index in [1.54, 1.807) is 12.1 Å². The van der Waals surface area contributed by atoms with E-state index in [-0.39, 0.29) is 23.5 Å². The zero-order valence-corrected chi connectivity index (χ0v) is 16.9. The van der Waals surface area contributed by atoms with Gasteiger partial charge in [-0.25, -0.2) is 18.2 Å². The Morgan fingerprint density at radius 1 is 1.04 bits per heavy atom. The number of rotatable bonds is 6. The SMILES string of the molecule is CN(C)CCCN(C(=O)c1ccc(F)c(F)c1)c1nc2c(F)cccc2s1.Cl. The van der Waals surface area contributed by atoms with E-state index in [1.165, 1.54) is 28.4 Å². The van der Waals surface area contributed by atoms with Gasteiger partial charge >= 0.3 is 0 Å². The molecule has 0 atom stereocenters. The lowest BCUT2D eigenvalue weighted by atomic mass is 10.2. The molecule has 150 valence electrons. The van der Waals surface area contributed by atoms with Gasteiger partial charge in [0, 0.05) is 12.1 Å². The Balaban J connectivity index is 0.00000280. The minimum absolute atomic E-state index is 0. The Kier molecular flexibility index (Phi) is 7.40. The van der Waals surface area contributed by atoms with Crippen LogP contribution in [0, 0.1) is 17.5 Å². The van der Waals surface area contributed by atoms with Gasteiger partial charge in [-0.3, -0.25) is 9.69 Å². The van der Waals surface area contributed by atoms with Gasteiger partial charge in [-0.2, -0.15) is 0 Å². The molecular weight excluding hydrogens is 411 g/mol. The van der Waals surface area contributed by atoms with Crippen molar-refractivity contribution in [3.8, 4) is 0 Å². The molecule has 3 aromatic rings. The normalized spacial score (nSPS) is 10.9. The highest BCUT2D eigenvalue weighted by atomic mass is 35.5. The van der Waals surface area contributed by atoms with E-state index in [0.29, 0.717) is 22.8 Å². The summed E-state index contributed by atoms with van der Waals surface area (Å²) in [7, 11) is 3.82. The zero-order chi connectivity index (χ0) is 19.6. The third-order valence-corrected chi connectivity index (χ3v) is 5.03. The number of anilines is 1. The van der Waals surface area contributed by atoms with E-state index in [0.717, 1.165) is 18.7 Å².